The van der Waals surface area contributed by atoms with Crippen molar-refractivity contribution in [3.8, 4) is 0 Å². The lowest BCUT2D eigenvalue weighted by molar-refractivity contribution is 0.0874. The van der Waals surface area contributed by atoms with Crippen LogP contribution in [0, 0.1) is 6.92 Å². The van der Waals surface area contributed by atoms with E-state index in [1.165, 1.54) is 0 Å². The summed E-state index contributed by atoms with van der Waals surface area (Å²) in [6.45, 7) is 12.0. The molecule has 0 aliphatic heterocycles. The van der Waals surface area contributed by atoms with E-state index in [2.05, 4.69) is 11.6 Å². The molecule has 2 rings (SSSR count). The van der Waals surface area contributed by atoms with E-state index < -0.39 is 0 Å². The van der Waals surface area contributed by atoms with Gasteiger partial charge >= 0.3 is 0 Å². The van der Waals surface area contributed by atoms with Gasteiger partial charge in [0.1, 0.15) is 10.8 Å². The highest BCUT2D eigenvalue weighted by Crippen LogP contribution is 2.26. The van der Waals surface area contributed by atoms with Gasteiger partial charge < -0.3 is 4.74 Å². The first-order valence-electron chi connectivity index (χ1n) is 5.80. The van der Waals surface area contributed by atoms with Gasteiger partial charge in [0.15, 0.2) is 5.88 Å². The van der Waals surface area contributed by atoms with Crippen molar-refractivity contribution in [3.05, 3.63) is 35.8 Å². The number of aryl methyl sites for hydroxylation is 1. The Morgan fingerprint density at radius 2 is 2.06 bits per heavy atom. The molecule has 0 atom stereocenters. The SMILES string of the molecule is C=C(OC(C)(C)C)n1c(C)cc2cc(Cl)ncc21. The van der Waals surface area contributed by atoms with Crippen LogP contribution in [-0.2, 0) is 4.74 Å². The molecule has 2 heterocycles. The Bertz CT molecular complexity index is 608. The van der Waals surface area contributed by atoms with E-state index in [-0.39, 0.29) is 5.60 Å². The minimum absolute atomic E-state index is 0.278. The van der Waals surface area contributed by atoms with Crippen LogP contribution in [0.1, 0.15) is 26.5 Å². The second kappa shape index (κ2) is 4.32. The Hall–Kier alpha value is -1.48. The first-order chi connectivity index (χ1) is 8.28. The third kappa shape index (κ3) is 2.51. The summed E-state index contributed by atoms with van der Waals surface area (Å²) in [4.78, 5) is 4.11. The fourth-order valence-corrected chi connectivity index (χ4v) is 2.12. The molecule has 0 unspecified atom stereocenters. The van der Waals surface area contributed by atoms with Crippen molar-refractivity contribution in [3.63, 3.8) is 0 Å². The summed E-state index contributed by atoms with van der Waals surface area (Å²) in [7, 11) is 0. The van der Waals surface area contributed by atoms with E-state index in [4.69, 9.17) is 16.3 Å². The van der Waals surface area contributed by atoms with Crippen LogP contribution in [0.15, 0.2) is 24.9 Å². The lowest BCUT2D eigenvalue weighted by atomic mass is 10.2. The molecular weight excluding hydrogens is 248 g/mol. The van der Waals surface area contributed by atoms with Crippen LogP contribution < -0.4 is 0 Å². The number of ether oxygens (including phenoxy) is 1. The average molecular weight is 265 g/mol. The van der Waals surface area contributed by atoms with Crippen molar-refractivity contribution < 1.29 is 4.74 Å². The van der Waals surface area contributed by atoms with E-state index in [1.807, 2.05) is 44.4 Å². The Balaban J connectivity index is 2.51. The molecule has 0 bridgehead atoms. The maximum atomic E-state index is 5.89. The summed E-state index contributed by atoms with van der Waals surface area (Å²) in [5, 5.41) is 1.52. The Morgan fingerprint density at radius 3 is 2.67 bits per heavy atom. The van der Waals surface area contributed by atoms with Crippen LogP contribution in [0.2, 0.25) is 5.15 Å². The normalized spacial score (nSPS) is 11.8. The van der Waals surface area contributed by atoms with E-state index in [0.717, 1.165) is 16.6 Å². The number of hydrogen-bond donors (Lipinski definition) is 0. The van der Waals surface area contributed by atoms with Gasteiger partial charge in [-0.15, -0.1) is 0 Å². The Kier molecular flexibility index (Phi) is 3.11. The summed E-state index contributed by atoms with van der Waals surface area (Å²) in [6, 6.07) is 3.88. The van der Waals surface area contributed by atoms with Crippen LogP contribution in [0.25, 0.3) is 16.8 Å². The number of fused-ring (bicyclic) bond motifs is 1. The second-order valence-corrected chi connectivity index (χ2v) is 5.68. The summed E-state index contributed by atoms with van der Waals surface area (Å²) in [6.07, 6.45) is 1.74. The Labute approximate surface area is 112 Å². The molecule has 0 fully saturated rings. The Morgan fingerprint density at radius 1 is 1.39 bits per heavy atom. The van der Waals surface area contributed by atoms with E-state index in [9.17, 15) is 0 Å². The molecule has 4 heteroatoms. The topological polar surface area (TPSA) is 27.1 Å². The standard InChI is InChI=1S/C14H17ClN2O/c1-9-6-11-7-13(15)16-8-12(11)17(9)10(2)18-14(3,4)5/h6-8H,2H2,1,3-5H3. The number of nitrogens with zero attached hydrogens (tertiary/aromatic N) is 2. The highest BCUT2D eigenvalue weighted by molar-refractivity contribution is 6.30. The first kappa shape index (κ1) is 13.0. The molecule has 0 spiro atoms. The molecule has 0 radical (unpaired) electrons. The van der Waals surface area contributed by atoms with Crippen LogP contribution in [0.4, 0.5) is 0 Å². The molecule has 18 heavy (non-hydrogen) atoms. The molecule has 3 nitrogen and oxygen atoms in total. The lowest BCUT2D eigenvalue weighted by Gasteiger charge is -2.24. The maximum absolute atomic E-state index is 5.89. The van der Waals surface area contributed by atoms with Gasteiger partial charge in [0, 0.05) is 11.1 Å². The molecule has 0 N–H and O–H groups in total. The first-order valence-corrected chi connectivity index (χ1v) is 6.17. The van der Waals surface area contributed by atoms with Crippen LogP contribution in [0.5, 0.6) is 0 Å². The highest BCUT2D eigenvalue weighted by Gasteiger charge is 2.16. The van der Waals surface area contributed by atoms with Crippen molar-refractivity contribution >= 4 is 28.4 Å². The van der Waals surface area contributed by atoms with Crippen molar-refractivity contribution in [2.24, 2.45) is 0 Å². The molecule has 0 saturated heterocycles. The maximum Gasteiger partial charge on any atom is 0.191 e. The summed E-state index contributed by atoms with van der Waals surface area (Å²) in [5.41, 5.74) is 1.72. The quantitative estimate of drug-likeness (QED) is 0.599. The summed E-state index contributed by atoms with van der Waals surface area (Å²) >= 11 is 5.89. The zero-order valence-electron chi connectivity index (χ0n) is 11.1. The van der Waals surface area contributed by atoms with Gasteiger partial charge in [0.25, 0.3) is 0 Å². The summed E-state index contributed by atoms with van der Waals surface area (Å²) in [5.74, 6) is 0.596. The van der Waals surface area contributed by atoms with Gasteiger partial charge in [0.2, 0.25) is 0 Å². The number of halogens is 1. The van der Waals surface area contributed by atoms with Gasteiger partial charge in [-0.25, -0.2) is 4.98 Å². The van der Waals surface area contributed by atoms with Crippen molar-refractivity contribution in [2.75, 3.05) is 0 Å². The fourth-order valence-electron chi connectivity index (χ4n) is 1.95. The molecule has 96 valence electrons. The third-order valence-electron chi connectivity index (χ3n) is 2.51. The predicted molar refractivity (Wildman–Crippen MR) is 75.6 cm³/mol. The monoisotopic (exact) mass is 264 g/mol. The number of pyridine rings is 1. The van der Waals surface area contributed by atoms with Crippen LogP contribution in [0.3, 0.4) is 0 Å². The van der Waals surface area contributed by atoms with Gasteiger partial charge in [-0.2, -0.15) is 0 Å². The number of aromatic nitrogens is 2. The minimum atomic E-state index is -0.278. The van der Waals surface area contributed by atoms with Gasteiger partial charge in [-0.05, 0) is 46.4 Å². The zero-order chi connectivity index (χ0) is 13.5. The average Bonchev–Trinajstić information content (AvgIpc) is 2.50. The van der Waals surface area contributed by atoms with Crippen LogP contribution in [-0.4, -0.2) is 15.2 Å². The molecule has 0 aromatic carbocycles. The molecule has 0 aliphatic rings. The second-order valence-electron chi connectivity index (χ2n) is 5.30. The number of hydrogen-bond acceptors (Lipinski definition) is 2. The number of rotatable bonds is 2. The predicted octanol–water partition coefficient (Wildman–Crippen LogP) is 4.24. The van der Waals surface area contributed by atoms with Crippen molar-refractivity contribution in [2.45, 2.75) is 33.3 Å². The molecule has 2 aromatic rings. The molecule has 2 aromatic heterocycles. The minimum Gasteiger partial charge on any atom is -0.473 e. The highest BCUT2D eigenvalue weighted by atomic mass is 35.5. The van der Waals surface area contributed by atoms with Gasteiger partial charge in [0.05, 0.1) is 11.7 Å². The van der Waals surface area contributed by atoms with Crippen molar-refractivity contribution in [1.82, 2.24) is 9.55 Å². The van der Waals surface area contributed by atoms with Gasteiger partial charge in [-0.3, -0.25) is 4.57 Å². The van der Waals surface area contributed by atoms with E-state index in [0.29, 0.717) is 11.0 Å². The van der Waals surface area contributed by atoms with Crippen LogP contribution >= 0.6 is 11.6 Å². The van der Waals surface area contributed by atoms with Crippen molar-refractivity contribution in [1.29, 1.82) is 0 Å². The molecule has 0 amide bonds. The molecule has 0 aliphatic carbocycles. The fraction of sp³-hybridized carbons (Fsp3) is 0.357. The zero-order valence-corrected chi connectivity index (χ0v) is 11.9. The largest absolute Gasteiger partial charge is 0.473 e. The van der Waals surface area contributed by atoms with Gasteiger partial charge in [-0.1, -0.05) is 11.6 Å². The van der Waals surface area contributed by atoms with E-state index >= 15 is 0 Å². The van der Waals surface area contributed by atoms with E-state index in [1.54, 1.807) is 6.20 Å². The molecular formula is C14H17ClN2O. The third-order valence-corrected chi connectivity index (χ3v) is 2.72. The lowest BCUT2D eigenvalue weighted by Crippen LogP contribution is -2.20. The smallest absolute Gasteiger partial charge is 0.191 e. The molecule has 0 saturated carbocycles. The summed E-state index contributed by atoms with van der Waals surface area (Å²) < 4.78 is 7.76.